The number of aromatic nitrogens is 2. The van der Waals surface area contributed by atoms with Crippen molar-refractivity contribution >= 4 is 23.7 Å². The Bertz CT molecular complexity index is 1030. The second kappa shape index (κ2) is 10.4. The van der Waals surface area contributed by atoms with E-state index in [1.54, 1.807) is 42.3 Å². The predicted octanol–water partition coefficient (Wildman–Crippen LogP) is -3.51. The summed E-state index contributed by atoms with van der Waals surface area (Å²) >= 11 is 0. The summed E-state index contributed by atoms with van der Waals surface area (Å²) in [7, 11) is 3.24. The molecule has 2 aromatic rings. The second-order valence-corrected chi connectivity index (χ2v) is 6.87. The third-order valence-electron chi connectivity index (χ3n) is 4.62. The van der Waals surface area contributed by atoms with Crippen LogP contribution in [0.1, 0.15) is 18.0 Å². The van der Waals surface area contributed by atoms with Crippen LogP contribution in [0.2, 0.25) is 0 Å². The average molecular weight is 433 g/mol. The first-order valence-electron chi connectivity index (χ1n) is 9.09. The van der Waals surface area contributed by atoms with Crippen LogP contribution < -0.4 is 45.3 Å². The normalized spacial score (nSPS) is 16.5. The number of carboxylic acids is 1. The molecule has 3 amide bonds. The molecule has 2 heterocycles. The maximum Gasteiger partial charge on any atom is 1.00 e. The van der Waals surface area contributed by atoms with Crippen molar-refractivity contribution in [3.05, 3.63) is 54.5 Å². The maximum absolute atomic E-state index is 12.4. The fraction of sp³-hybridized carbons (Fsp3) is 0.250. The summed E-state index contributed by atoms with van der Waals surface area (Å²) in [6.07, 6.45) is 5.47. The van der Waals surface area contributed by atoms with Gasteiger partial charge in [-0.3, -0.25) is 14.3 Å². The van der Waals surface area contributed by atoms with Gasteiger partial charge in [-0.1, -0.05) is 18.2 Å². The van der Waals surface area contributed by atoms with Crippen LogP contribution in [-0.2, 0) is 21.4 Å². The van der Waals surface area contributed by atoms with E-state index in [4.69, 9.17) is 0 Å². The minimum atomic E-state index is -1.37. The second-order valence-electron chi connectivity index (χ2n) is 6.87. The van der Waals surface area contributed by atoms with E-state index in [2.05, 4.69) is 15.7 Å². The van der Waals surface area contributed by atoms with Gasteiger partial charge in [0.1, 0.15) is 0 Å². The molecule has 0 bridgehead atoms. The number of ketones is 1. The predicted molar refractivity (Wildman–Crippen MR) is 103 cm³/mol. The number of nitrogens with zero attached hydrogens (tertiary/aromatic N) is 3. The van der Waals surface area contributed by atoms with Gasteiger partial charge in [-0.25, -0.2) is 4.79 Å². The number of hydrogen-bond donors (Lipinski definition) is 2. The molecule has 156 valence electrons. The summed E-state index contributed by atoms with van der Waals surface area (Å²) in [5.41, 5.74) is 2.13. The number of aryl methyl sites for hydroxylation is 1. The number of likely N-dealkylation sites (N-methyl/N-ethyl adjacent to an activating group) is 1. The monoisotopic (exact) mass is 433 g/mol. The van der Waals surface area contributed by atoms with Crippen LogP contribution in [0.4, 0.5) is 4.79 Å². The number of carboxylic acid groups (broad SMARTS) is 1. The molecule has 1 aliphatic heterocycles. The quantitative estimate of drug-likeness (QED) is 0.358. The molecule has 2 atom stereocenters. The zero-order valence-corrected chi connectivity index (χ0v) is 19.4. The third kappa shape index (κ3) is 6.03. The Kier molecular flexibility index (Phi) is 8.14. The first-order chi connectivity index (χ1) is 14.2. The molecular weight excluding hydrogens is 413 g/mol. The number of carbonyl (C=O) groups is 4. The molecule has 1 unspecified atom stereocenters. The molecule has 0 saturated carbocycles. The van der Waals surface area contributed by atoms with Crippen LogP contribution in [0.25, 0.3) is 11.1 Å². The van der Waals surface area contributed by atoms with Crippen molar-refractivity contribution in [2.45, 2.75) is 18.5 Å². The Morgan fingerprint density at radius 1 is 1.23 bits per heavy atom. The molecular formula is C20H20N5NaO5. The molecule has 1 aliphatic rings. The molecule has 1 aromatic carbocycles. The van der Waals surface area contributed by atoms with Gasteiger partial charge in [0.05, 0.1) is 12.2 Å². The maximum atomic E-state index is 12.4. The Hall–Kier alpha value is -2.95. The molecule has 10 nitrogen and oxygen atoms in total. The van der Waals surface area contributed by atoms with Gasteiger partial charge in [-0.15, -0.1) is 0 Å². The number of benzene rings is 1. The topological polar surface area (TPSA) is 136 Å². The van der Waals surface area contributed by atoms with Gasteiger partial charge >= 0.3 is 35.6 Å². The smallest absolute Gasteiger partial charge is 0.550 e. The number of carbonyl (C=O) groups excluding carboxylic acids is 4. The molecule has 31 heavy (non-hydrogen) atoms. The van der Waals surface area contributed by atoms with Gasteiger partial charge in [0.2, 0.25) is 0 Å². The average Bonchev–Trinajstić information content (AvgIpc) is 3.14. The van der Waals surface area contributed by atoms with Crippen molar-refractivity contribution < 1.29 is 53.8 Å². The molecule has 0 spiro atoms. The van der Waals surface area contributed by atoms with E-state index in [9.17, 15) is 24.3 Å². The van der Waals surface area contributed by atoms with Crippen molar-refractivity contribution in [3.8, 4) is 11.1 Å². The van der Waals surface area contributed by atoms with Gasteiger partial charge in [0.15, 0.2) is 11.8 Å². The van der Waals surface area contributed by atoms with Crippen LogP contribution >= 0.6 is 0 Å². The van der Waals surface area contributed by atoms with E-state index in [0.717, 1.165) is 11.1 Å². The molecule has 2 N–H and O–H groups in total. The number of urea groups is 1. The summed E-state index contributed by atoms with van der Waals surface area (Å²) < 4.78 is 1.63. The minimum absolute atomic E-state index is 0. The minimum Gasteiger partial charge on any atom is -0.550 e. The summed E-state index contributed by atoms with van der Waals surface area (Å²) in [6.45, 7) is 0. The molecule has 0 aliphatic carbocycles. The van der Waals surface area contributed by atoms with Gasteiger partial charge in [-0.05, 0) is 17.2 Å². The van der Waals surface area contributed by atoms with Gasteiger partial charge < -0.3 is 25.4 Å². The fourth-order valence-electron chi connectivity index (χ4n) is 3.07. The summed E-state index contributed by atoms with van der Waals surface area (Å²) in [5, 5.41) is 20.2. The molecule has 11 heteroatoms. The summed E-state index contributed by atoms with van der Waals surface area (Å²) in [5.74, 6) is -2.52. The Balaban J connectivity index is 0.00000341. The molecule has 0 saturated heterocycles. The van der Waals surface area contributed by atoms with Gasteiger partial charge in [0.25, 0.3) is 5.91 Å². The standard InChI is InChI=1S/C20H21N5O5.Na/c1-24-7-6-16(26)18(19(24)29)23-20(30)22-15(9-17(27)28)13-5-3-4-12(8-13)14-10-21-25(2)11-14;/h3-8,10-11,15,18H,9H2,1-2H3,(H,27,28)(H2,22,23,30);/q;+1/p-1/t15-,18?;/m0./s1. The van der Waals surface area contributed by atoms with Gasteiger partial charge in [0, 0.05) is 50.5 Å². The summed E-state index contributed by atoms with van der Waals surface area (Å²) in [6, 6.07) is 3.81. The van der Waals surface area contributed by atoms with E-state index in [-0.39, 0.29) is 29.6 Å². The van der Waals surface area contributed by atoms with Crippen LogP contribution in [0.5, 0.6) is 0 Å². The van der Waals surface area contributed by atoms with E-state index >= 15 is 0 Å². The largest absolute Gasteiger partial charge is 1.00 e. The third-order valence-corrected chi connectivity index (χ3v) is 4.62. The van der Waals surface area contributed by atoms with Crippen molar-refractivity contribution in [3.63, 3.8) is 0 Å². The molecule has 3 rings (SSSR count). The van der Waals surface area contributed by atoms with Gasteiger partial charge in [-0.2, -0.15) is 5.10 Å². The first kappa shape index (κ1) is 24.3. The molecule has 1 aromatic heterocycles. The van der Waals surface area contributed by atoms with E-state index in [1.807, 2.05) is 6.07 Å². The van der Waals surface area contributed by atoms with Crippen molar-refractivity contribution in [1.82, 2.24) is 25.3 Å². The van der Waals surface area contributed by atoms with Crippen molar-refractivity contribution in [1.29, 1.82) is 0 Å². The van der Waals surface area contributed by atoms with E-state index in [1.165, 1.54) is 24.2 Å². The molecule has 0 radical (unpaired) electrons. The van der Waals surface area contributed by atoms with Crippen LogP contribution in [0, 0.1) is 0 Å². The first-order valence-corrected chi connectivity index (χ1v) is 9.09. The Morgan fingerprint density at radius 3 is 2.61 bits per heavy atom. The van der Waals surface area contributed by atoms with E-state index in [0.29, 0.717) is 5.56 Å². The van der Waals surface area contributed by atoms with Crippen LogP contribution in [0.15, 0.2) is 48.9 Å². The zero-order chi connectivity index (χ0) is 21.8. The number of amides is 3. The fourth-order valence-corrected chi connectivity index (χ4v) is 3.07. The SMILES string of the molecule is CN1C=CC(=O)C(NC(=O)N[C@@H](CC(=O)[O-])c2cccc(-c3cnn(C)c3)c2)C1=O.[Na+]. The summed E-state index contributed by atoms with van der Waals surface area (Å²) in [4.78, 5) is 48.9. The van der Waals surface area contributed by atoms with E-state index < -0.39 is 42.2 Å². The van der Waals surface area contributed by atoms with Crippen LogP contribution in [0.3, 0.4) is 0 Å². The number of aliphatic carboxylic acids is 1. The number of nitrogens with one attached hydrogen (secondary N) is 2. The number of rotatable bonds is 6. The van der Waals surface area contributed by atoms with Crippen molar-refractivity contribution in [2.24, 2.45) is 7.05 Å². The Labute approximate surface area is 200 Å². The number of hydrogen-bond acceptors (Lipinski definition) is 6. The molecule has 0 fully saturated rings. The van der Waals surface area contributed by atoms with Crippen LogP contribution in [-0.4, -0.2) is 51.5 Å². The Morgan fingerprint density at radius 2 is 1.97 bits per heavy atom. The van der Waals surface area contributed by atoms with Crippen molar-refractivity contribution in [2.75, 3.05) is 7.05 Å². The zero-order valence-electron chi connectivity index (χ0n) is 17.4.